The van der Waals surface area contributed by atoms with Gasteiger partial charge in [-0.2, -0.15) is 0 Å². The van der Waals surface area contributed by atoms with Gasteiger partial charge in [0, 0.05) is 24.1 Å². The zero-order valence-electron chi connectivity index (χ0n) is 13.1. The van der Waals surface area contributed by atoms with Crippen LogP contribution in [0.4, 0.5) is 0 Å². The van der Waals surface area contributed by atoms with Crippen molar-refractivity contribution in [3.05, 3.63) is 60.2 Å². The lowest BCUT2D eigenvalue weighted by molar-refractivity contribution is 0.247. The van der Waals surface area contributed by atoms with E-state index in [1.807, 2.05) is 37.3 Å². The smallest absolute Gasteiger partial charge is 0.179 e. The average Bonchev–Trinajstić information content (AvgIpc) is 2.55. The first-order valence-electron chi connectivity index (χ1n) is 7.82. The fraction of sp³-hybridized carbons (Fsp3) is 0.333. The summed E-state index contributed by atoms with van der Waals surface area (Å²) in [5.41, 5.74) is 1.10. The van der Waals surface area contributed by atoms with Crippen molar-refractivity contribution in [1.29, 1.82) is 0 Å². The first kappa shape index (κ1) is 16.0. The highest BCUT2D eigenvalue weighted by molar-refractivity contribution is 7.91. The zero-order chi connectivity index (χ0) is 16.3. The van der Waals surface area contributed by atoms with Gasteiger partial charge in [0.1, 0.15) is 5.75 Å². The maximum atomic E-state index is 12.5. The fourth-order valence-corrected chi connectivity index (χ4v) is 4.48. The van der Waals surface area contributed by atoms with E-state index in [9.17, 15) is 8.42 Å². The van der Waals surface area contributed by atoms with Crippen LogP contribution in [0.1, 0.15) is 24.9 Å². The highest BCUT2D eigenvalue weighted by Gasteiger charge is 2.25. The molecule has 0 saturated heterocycles. The van der Waals surface area contributed by atoms with Gasteiger partial charge in [-0.05, 0) is 25.1 Å². The first-order valence-corrected chi connectivity index (χ1v) is 9.47. The predicted octanol–water partition coefficient (Wildman–Crippen LogP) is 2.96. The van der Waals surface area contributed by atoms with Crippen LogP contribution in [0.2, 0.25) is 0 Å². The molecule has 0 bridgehead atoms. The summed E-state index contributed by atoms with van der Waals surface area (Å²) in [6, 6.07) is 16.5. The molecule has 0 unspecified atom stereocenters. The van der Waals surface area contributed by atoms with Crippen LogP contribution in [0.3, 0.4) is 0 Å². The third kappa shape index (κ3) is 3.74. The highest BCUT2D eigenvalue weighted by atomic mass is 32.2. The second-order valence-corrected chi connectivity index (χ2v) is 7.92. The molecule has 2 atom stereocenters. The van der Waals surface area contributed by atoms with Gasteiger partial charge in [-0.1, -0.05) is 36.4 Å². The van der Waals surface area contributed by atoms with Gasteiger partial charge in [-0.25, -0.2) is 8.42 Å². The Bertz CT molecular complexity index is 759. The number of fused-ring (bicyclic) bond motifs is 1. The molecule has 122 valence electrons. The summed E-state index contributed by atoms with van der Waals surface area (Å²) in [4.78, 5) is 0.376. The molecular formula is C18H21NO3S. The lowest BCUT2D eigenvalue weighted by Crippen LogP contribution is -2.38. The van der Waals surface area contributed by atoms with E-state index in [2.05, 4.69) is 5.32 Å². The van der Waals surface area contributed by atoms with Crippen LogP contribution in [0.5, 0.6) is 5.75 Å². The summed E-state index contributed by atoms with van der Waals surface area (Å²) in [6.45, 7) is 2.56. The van der Waals surface area contributed by atoms with Crippen molar-refractivity contribution >= 4 is 9.84 Å². The van der Waals surface area contributed by atoms with Gasteiger partial charge in [0.25, 0.3) is 0 Å². The van der Waals surface area contributed by atoms with Crippen molar-refractivity contribution in [1.82, 2.24) is 5.32 Å². The third-order valence-electron chi connectivity index (χ3n) is 4.02. The normalized spacial score (nSPS) is 18.7. The molecule has 0 fully saturated rings. The summed E-state index contributed by atoms with van der Waals surface area (Å²) >= 11 is 0. The standard InChI is InChI=1S/C18H21NO3S/c1-14(13-23(20,21)15-7-3-2-4-8-15)19-17-11-12-22-18-10-6-5-9-16(17)18/h2-10,14,17,19H,11-13H2,1H3/t14-,17+/m1/s1. The van der Waals surface area contributed by atoms with Crippen LogP contribution in [-0.2, 0) is 9.84 Å². The molecule has 0 amide bonds. The molecule has 5 heteroatoms. The average molecular weight is 331 g/mol. The molecule has 0 saturated carbocycles. The van der Waals surface area contributed by atoms with Crippen LogP contribution in [0.25, 0.3) is 0 Å². The van der Waals surface area contributed by atoms with Crippen molar-refractivity contribution < 1.29 is 13.2 Å². The molecular weight excluding hydrogens is 310 g/mol. The number of para-hydroxylation sites is 1. The van der Waals surface area contributed by atoms with E-state index < -0.39 is 9.84 Å². The van der Waals surface area contributed by atoms with E-state index in [0.717, 1.165) is 17.7 Å². The van der Waals surface area contributed by atoms with E-state index in [1.54, 1.807) is 24.3 Å². The van der Waals surface area contributed by atoms with Crippen LogP contribution >= 0.6 is 0 Å². The molecule has 1 aliphatic rings. The minimum absolute atomic E-state index is 0.0799. The number of hydrogen-bond acceptors (Lipinski definition) is 4. The molecule has 4 nitrogen and oxygen atoms in total. The SMILES string of the molecule is C[C@H](CS(=O)(=O)c1ccccc1)N[C@H]1CCOc2ccccc21. The molecule has 1 heterocycles. The van der Waals surface area contributed by atoms with Crippen LogP contribution in [0, 0.1) is 0 Å². The molecule has 2 aromatic carbocycles. The molecule has 0 spiro atoms. The minimum atomic E-state index is -3.28. The number of nitrogens with one attached hydrogen (secondary N) is 1. The van der Waals surface area contributed by atoms with E-state index in [4.69, 9.17) is 4.74 Å². The van der Waals surface area contributed by atoms with Crippen LogP contribution in [-0.4, -0.2) is 26.8 Å². The van der Waals surface area contributed by atoms with Crippen molar-refractivity contribution in [3.8, 4) is 5.75 Å². The molecule has 3 rings (SSSR count). The Morgan fingerprint density at radius 2 is 1.83 bits per heavy atom. The Morgan fingerprint density at radius 1 is 1.13 bits per heavy atom. The molecule has 0 radical (unpaired) electrons. The van der Waals surface area contributed by atoms with Gasteiger partial charge >= 0.3 is 0 Å². The Balaban J connectivity index is 1.70. The lowest BCUT2D eigenvalue weighted by atomic mass is 10.00. The van der Waals surface area contributed by atoms with Gasteiger partial charge in [0.05, 0.1) is 17.3 Å². The molecule has 0 aromatic heterocycles. The van der Waals surface area contributed by atoms with Crippen LogP contribution < -0.4 is 10.1 Å². The van der Waals surface area contributed by atoms with E-state index >= 15 is 0 Å². The molecule has 23 heavy (non-hydrogen) atoms. The quantitative estimate of drug-likeness (QED) is 0.915. The Morgan fingerprint density at radius 3 is 2.61 bits per heavy atom. The third-order valence-corrected chi connectivity index (χ3v) is 5.95. The van der Waals surface area contributed by atoms with Crippen molar-refractivity contribution in [2.24, 2.45) is 0 Å². The first-order chi connectivity index (χ1) is 11.1. The Hall–Kier alpha value is -1.85. The molecule has 0 aliphatic carbocycles. The fourth-order valence-electron chi connectivity index (χ4n) is 2.96. The maximum Gasteiger partial charge on any atom is 0.179 e. The number of rotatable bonds is 5. The van der Waals surface area contributed by atoms with Gasteiger partial charge in [0.15, 0.2) is 9.84 Å². The number of hydrogen-bond donors (Lipinski definition) is 1. The van der Waals surface area contributed by atoms with Gasteiger partial charge in [0.2, 0.25) is 0 Å². The summed E-state index contributed by atoms with van der Waals surface area (Å²) in [6.07, 6.45) is 0.840. The summed E-state index contributed by atoms with van der Waals surface area (Å²) in [5, 5.41) is 3.44. The van der Waals surface area contributed by atoms with E-state index in [-0.39, 0.29) is 17.8 Å². The van der Waals surface area contributed by atoms with Crippen LogP contribution in [0.15, 0.2) is 59.5 Å². The number of sulfone groups is 1. The Kier molecular flexibility index (Phi) is 4.68. The number of benzene rings is 2. The zero-order valence-corrected chi connectivity index (χ0v) is 13.9. The largest absolute Gasteiger partial charge is 0.493 e. The topological polar surface area (TPSA) is 55.4 Å². The second kappa shape index (κ2) is 6.72. The van der Waals surface area contributed by atoms with Gasteiger partial charge in [-0.15, -0.1) is 0 Å². The van der Waals surface area contributed by atoms with Crippen molar-refractivity contribution in [2.75, 3.05) is 12.4 Å². The van der Waals surface area contributed by atoms with Gasteiger partial charge in [-0.3, -0.25) is 0 Å². The highest BCUT2D eigenvalue weighted by Crippen LogP contribution is 2.31. The van der Waals surface area contributed by atoms with E-state index in [1.165, 1.54) is 0 Å². The summed E-state index contributed by atoms with van der Waals surface area (Å²) < 4.78 is 30.6. The molecule has 2 aromatic rings. The molecule has 1 N–H and O–H groups in total. The predicted molar refractivity (Wildman–Crippen MR) is 90.4 cm³/mol. The number of ether oxygens (including phenoxy) is 1. The maximum absolute atomic E-state index is 12.5. The second-order valence-electron chi connectivity index (χ2n) is 5.89. The van der Waals surface area contributed by atoms with E-state index in [0.29, 0.717) is 11.5 Å². The summed E-state index contributed by atoms with van der Waals surface area (Å²) in [5.74, 6) is 0.964. The van der Waals surface area contributed by atoms with Gasteiger partial charge < -0.3 is 10.1 Å². The summed E-state index contributed by atoms with van der Waals surface area (Å²) in [7, 11) is -3.28. The van der Waals surface area contributed by atoms with Crippen molar-refractivity contribution in [2.45, 2.75) is 30.3 Å². The lowest BCUT2D eigenvalue weighted by Gasteiger charge is -2.29. The minimum Gasteiger partial charge on any atom is -0.493 e. The van der Waals surface area contributed by atoms with Crippen molar-refractivity contribution in [3.63, 3.8) is 0 Å². The Labute approximate surface area is 137 Å². The molecule has 1 aliphatic heterocycles. The monoisotopic (exact) mass is 331 g/mol.